The number of hydrogen-bond donors (Lipinski definition) is 3. The SMILES string of the molecule is COC1Cc2ccc(C(N)=O)cc2C(C)(C)C1NCCC(=O)NCc1ccccc1. The van der Waals surface area contributed by atoms with Crippen LogP contribution in [-0.4, -0.2) is 37.6 Å². The number of fused-ring (bicyclic) bond motifs is 1. The summed E-state index contributed by atoms with van der Waals surface area (Å²) in [4.78, 5) is 23.9. The molecule has 0 bridgehead atoms. The van der Waals surface area contributed by atoms with Crippen molar-refractivity contribution in [1.82, 2.24) is 10.6 Å². The first-order valence-corrected chi connectivity index (χ1v) is 10.3. The first-order chi connectivity index (χ1) is 14.3. The summed E-state index contributed by atoms with van der Waals surface area (Å²) in [5.41, 5.74) is 9.04. The van der Waals surface area contributed by atoms with E-state index >= 15 is 0 Å². The molecule has 0 aromatic heterocycles. The smallest absolute Gasteiger partial charge is 0.248 e. The minimum atomic E-state index is -0.429. The number of carbonyl (C=O) groups excluding carboxylic acids is 2. The topological polar surface area (TPSA) is 93.4 Å². The van der Waals surface area contributed by atoms with Gasteiger partial charge in [0.25, 0.3) is 0 Å². The van der Waals surface area contributed by atoms with Crippen molar-refractivity contribution < 1.29 is 14.3 Å². The summed E-state index contributed by atoms with van der Waals surface area (Å²) in [5, 5.41) is 6.49. The minimum absolute atomic E-state index is 0.0000462. The number of ether oxygens (including phenoxy) is 1. The molecule has 0 saturated carbocycles. The fourth-order valence-electron chi connectivity index (χ4n) is 4.31. The molecule has 2 aromatic carbocycles. The van der Waals surface area contributed by atoms with Crippen LogP contribution >= 0.6 is 0 Å². The van der Waals surface area contributed by atoms with Gasteiger partial charge in [-0.15, -0.1) is 0 Å². The molecule has 1 aliphatic rings. The second-order valence-electron chi connectivity index (χ2n) is 8.38. The number of methoxy groups -OCH3 is 1. The molecule has 1 aliphatic carbocycles. The van der Waals surface area contributed by atoms with E-state index in [4.69, 9.17) is 10.5 Å². The van der Waals surface area contributed by atoms with Crippen LogP contribution in [0.1, 0.15) is 47.3 Å². The third-order valence-corrected chi connectivity index (χ3v) is 6.01. The van der Waals surface area contributed by atoms with Crippen molar-refractivity contribution in [3.05, 3.63) is 70.8 Å². The normalized spacial score (nSPS) is 19.7. The Kier molecular flexibility index (Phi) is 6.90. The van der Waals surface area contributed by atoms with Crippen LogP contribution in [0.4, 0.5) is 0 Å². The Morgan fingerprint density at radius 3 is 2.57 bits per heavy atom. The van der Waals surface area contributed by atoms with E-state index in [1.165, 1.54) is 0 Å². The molecule has 3 rings (SSSR count). The molecule has 0 fully saturated rings. The monoisotopic (exact) mass is 409 g/mol. The van der Waals surface area contributed by atoms with Gasteiger partial charge in [0, 0.05) is 50.1 Å². The van der Waals surface area contributed by atoms with E-state index in [0.29, 0.717) is 25.1 Å². The molecule has 2 aromatic rings. The lowest BCUT2D eigenvalue weighted by molar-refractivity contribution is -0.121. The van der Waals surface area contributed by atoms with E-state index in [1.807, 2.05) is 42.5 Å². The van der Waals surface area contributed by atoms with Crippen molar-refractivity contribution in [2.45, 2.75) is 50.8 Å². The molecule has 6 nitrogen and oxygen atoms in total. The van der Waals surface area contributed by atoms with Gasteiger partial charge in [-0.2, -0.15) is 0 Å². The van der Waals surface area contributed by atoms with E-state index in [0.717, 1.165) is 23.1 Å². The highest BCUT2D eigenvalue weighted by molar-refractivity contribution is 5.93. The van der Waals surface area contributed by atoms with Crippen molar-refractivity contribution in [2.24, 2.45) is 5.73 Å². The van der Waals surface area contributed by atoms with Crippen LogP contribution in [0.3, 0.4) is 0 Å². The fraction of sp³-hybridized carbons (Fsp3) is 0.417. The number of primary amides is 1. The van der Waals surface area contributed by atoms with E-state index in [2.05, 4.69) is 24.5 Å². The number of benzene rings is 2. The van der Waals surface area contributed by atoms with Gasteiger partial charge in [0.05, 0.1) is 6.10 Å². The Balaban J connectivity index is 1.63. The number of nitrogens with two attached hydrogens (primary N) is 1. The summed E-state index contributed by atoms with van der Waals surface area (Å²) in [6.07, 6.45) is 1.09. The standard InChI is InChI=1S/C24H31N3O3/c1-24(2)19-13-18(23(25)29)10-9-17(19)14-20(30-3)22(24)26-12-11-21(28)27-15-16-7-5-4-6-8-16/h4-10,13,20,22,26H,11-12,14-15H2,1-3H3,(H2,25,29)(H,27,28). The van der Waals surface area contributed by atoms with Crippen LogP contribution in [0, 0.1) is 0 Å². The summed E-state index contributed by atoms with van der Waals surface area (Å²) in [5.74, 6) is -0.424. The maximum atomic E-state index is 12.3. The first-order valence-electron chi connectivity index (χ1n) is 10.3. The molecule has 2 atom stereocenters. The van der Waals surface area contributed by atoms with Gasteiger partial charge in [0.1, 0.15) is 0 Å². The van der Waals surface area contributed by atoms with Crippen molar-refractivity contribution >= 4 is 11.8 Å². The number of rotatable bonds is 8. The molecule has 0 heterocycles. The zero-order chi connectivity index (χ0) is 21.7. The molecule has 2 unspecified atom stereocenters. The van der Waals surface area contributed by atoms with Gasteiger partial charge in [-0.05, 0) is 28.8 Å². The minimum Gasteiger partial charge on any atom is -0.379 e. The average Bonchev–Trinajstić information content (AvgIpc) is 2.74. The van der Waals surface area contributed by atoms with Gasteiger partial charge in [0.2, 0.25) is 11.8 Å². The zero-order valence-corrected chi connectivity index (χ0v) is 17.9. The van der Waals surface area contributed by atoms with Crippen molar-refractivity contribution in [3.63, 3.8) is 0 Å². The molecule has 160 valence electrons. The largest absolute Gasteiger partial charge is 0.379 e. The molecule has 2 amide bonds. The molecule has 6 heteroatoms. The quantitative estimate of drug-likeness (QED) is 0.624. The highest BCUT2D eigenvalue weighted by Crippen LogP contribution is 2.38. The summed E-state index contributed by atoms with van der Waals surface area (Å²) in [7, 11) is 1.71. The Labute approximate surface area is 178 Å². The van der Waals surface area contributed by atoms with Crippen LogP contribution in [0.25, 0.3) is 0 Å². The number of carbonyl (C=O) groups is 2. The zero-order valence-electron chi connectivity index (χ0n) is 17.9. The summed E-state index contributed by atoms with van der Waals surface area (Å²) in [6, 6.07) is 15.5. The first kappa shape index (κ1) is 22.0. The van der Waals surface area contributed by atoms with E-state index in [-0.39, 0.29) is 23.5 Å². The van der Waals surface area contributed by atoms with Crippen LogP contribution in [-0.2, 0) is 27.9 Å². The Hall–Kier alpha value is -2.70. The number of nitrogens with one attached hydrogen (secondary N) is 2. The molecule has 0 radical (unpaired) electrons. The molecule has 30 heavy (non-hydrogen) atoms. The van der Waals surface area contributed by atoms with Crippen LogP contribution in [0.5, 0.6) is 0 Å². The number of hydrogen-bond acceptors (Lipinski definition) is 4. The average molecular weight is 410 g/mol. The molecule has 0 saturated heterocycles. The predicted octanol–water partition coefficient (Wildman–Crippen LogP) is 2.30. The summed E-state index contributed by atoms with van der Waals surface area (Å²) in [6.45, 7) is 5.34. The fourth-order valence-corrected chi connectivity index (χ4v) is 4.31. The predicted molar refractivity (Wildman–Crippen MR) is 117 cm³/mol. The van der Waals surface area contributed by atoms with Crippen molar-refractivity contribution in [1.29, 1.82) is 0 Å². The van der Waals surface area contributed by atoms with Crippen LogP contribution in [0.15, 0.2) is 48.5 Å². The van der Waals surface area contributed by atoms with E-state index < -0.39 is 5.91 Å². The molecule has 0 aliphatic heterocycles. The van der Waals surface area contributed by atoms with Gasteiger partial charge in [-0.1, -0.05) is 50.2 Å². The highest BCUT2D eigenvalue weighted by atomic mass is 16.5. The summed E-state index contributed by atoms with van der Waals surface area (Å²) < 4.78 is 5.78. The van der Waals surface area contributed by atoms with Gasteiger partial charge < -0.3 is 21.1 Å². The van der Waals surface area contributed by atoms with Gasteiger partial charge in [0.15, 0.2) is 0 Å². The maximum Gasteiger partial charge on any atom is 0.248 e. The lowest BCUT2D eigenvalue weighted by Crippen LogP contribution is -2.57. The van der Waals surface area contributed by atoms with Gasteiger partial charge >= 0.3 is 0 Å². The highest BCUT2D eigenvalue weighted by Gasteiger charge is 2.42. The third-order valence-electron chi connectivity index (χ3n) is 6.01. The van der Waals surface area contributed by atoms with E-state index in [9.17, 15) is 9.59 Å². The Morgan fingerprint density at radius 2 is 1.90 bits per heavy atom. The summed E-state index contributed by atoms with van der Waals surface area (Å²) >= 11 is 0. The molecule has 0 spiro atoms. The molecular formula is C24H31N3O3. The Morgan fingerprint density at radius 1 is 1.17 bits per heavy atom. The maximum absolute atomic E-state index is 12.3. The molecule has 4 N–H and O–H groups in total. The third kappa shape index (κ3) is 4.89. The van der Waals surface area contributed by atoms with Gasteiger partial charge in [-0.25, -0.2) is 0 Å². The second-order valence-corrected chi connectivity index (χ2v) is 8.38. The molecular weight excluding hydrogens is 378 g/mol. The lowest BCUT2D eigenvalue weighted by atomic mass is 9.67. The Bertz CT molecular complexity index is 896. The van der Waals surface area contributed by atoms with Gasteiger partial charge in [-0.3, -0.25) is 9.59 Å². The van der Waals surface area contributed by atoms with Crippen molar-refractivity contribution in [3.8, 4) is 0 Å². The van der Waals surface area contributed by atoms with Crippen LogP contribution < -0.4 is 16.4 Å². The lowest BCUT2D eigenvalue weighted by Gasteiger charge is -2.45. The number of amides is 2. The van der Waals surface area contributed by atoms with Crippen LogP contribution in [0.2, 0.25) is 0 Å². The van der Waals surface area contributed by atoms with Crippen molar-refractivity contribution in [2.75, 3.05) is 13.7 Å². The second kappa shape index (κ2) is 9.41. The van der Waals surface area contributed by atoms with E-state index in [1.54, 1.807) is 13.2 Å².